The molecule has 150 valence electrons. The van der Waals surface area contributed by atoms with E-state index in [0.29, 0.717) is 49.2 Å². The zero-order chi connectivity index (χ0) is 20.0. The molecular weight excluding hydrogens is 420 g/mol. The van der Waals surface area contributed by atoms with Crippen LogP contribution in [0.15, 0.2) is 58.3 Å². The number of amides is 1. The summed E-state index contributed by atoms with van der Waals surface area (Å²) in [5.74, 6) is 0.516. The number of carbonyl (C=O) groups excluding carboxylic acids is 1. The summed E-state index contributed by atoms with van der Waals surface area (Å²) in [5.41, 5.74) is 0.572. The lowest BCUT2D eigenvalue weighted by molar-refractivity contribution is -0.115. The normalized spacial score (nSPS) is 15.3. The molecule has 0 saturated carbocycles. The highest BCUT2D eigenvalue weighted by Crippen LogP contribution is 2.22. The van der Waals surface area contributed by atoms with Gasteiger partial charge in [0.1, 0.15) is 0 Å². The lowest BCUT2D eigenvalue weighted by Gasteiger charge is -2.26. The highest BCUT2D eigenvalue weighted by Gasteiger charge is 2.26. The summed E-state index contributed by atoms with van der Waals surface area (Å²) in [5, 5.41) is 3.48. The Morgan fingerprint density at radius 3 is 2.36 bits per heavy atom. The number of halogens is 1. The van der Waals surface area contributed by atoms with Gasteiger partial charge in [0.25, 0.3) is 0 Å². The van der Waals surface area contributed by atoms with E-state index in [1.165, 1.54) is 16.4 Å². The van der Waals surface area contributed by atoms with Gasteiger partial charge in [0.15, 0.2) is 0 Å². The van der Waals surface area contributed by atoms with Gasteiger partial charge in [0.2, 0.25) is 15.9 Å². The lowest BCUT2D eigenvalue weighted by Crippen LogP contribution is -2.40. The number of sulfonamides is 1. The minimum atomic E-state index is -3.53. The number of ether oxygens (including phenoxy) is 1. The van der Waals surface area contributed by atoms with Gasteiger partial charge in [-0.25, -0.2) is 8.42 Å². The first-order chi connectivity index (χ1) is 13.4. The third kappa shape index (κ3) is 5.71. The maximum absolute atomic E-state index is 12.6. The summed E-state index contributed by atoms with van der Waals surface area (Å²) in [4.78, 5) is 13.4. The molecule has 0 bridgehead atoms. The van der Waals surface area contributed by atoms with Crippen LogP contribution in [0.25, 0.3) is 0 Å². The van der Waals surface area contributed by atoms with E-state index in [-0.39, 0.29) is 10.8 Å². The van der Waals surface area contributed by atoms with Crippen molar-refractivity contribution < 1.29 is 17.9 Å². The van der Waals surface area contributed by atoms with Crippen molar-refractivity contribution in [3.8, 4) is 0 Å². The Bertz CT molecular complexity index is 897. The smallest absolute Gasteiger partial charge is 0.243 e. The molecule has 28 heavy (non-hydrogen) atoms. The standard InChI is InChI=1S/C19H21ClN2O4S2/c20-15-1-5-17(6-2-15)27-14-9-19(23)21-16-3-7-18(8-4-16)28(24,25)22-10-12-26-13-11-22/h1-8H,9-14H2,(H,21,23). The predicted octanol–water partition coefficient (Wildman–Crippen LogP) is 3.48. The second-order valence-electron chi connectivity index (χ2n) is 6.14. The Balaban J connectivity index is 1.50. The van der Waals surface area contributed by atoms with Crippen LogP contribution in [-0.4, -0.2) is 50.7 Å². The van der Waals surface area contributed by atoms with E-state index in [1.54, 1.807) is 23.9 Å². The molecule has 1 fully saturated rings. The molecule has 1 heterocycles. The molecular formula is C19H21ClN2O4S2. The molecule has 0 atom stereocenters. The Hall–Kier alpha value is -1.58. The molecule has 1 aliphatic heterocycles. The summed E-state index contributed by atoms with van der Waals surface area (Å²) in [7, 11) is -3.53. The first-order valence-electron chi connectivity index (χ1n) is 8.81. The van der Waals surface area contributed by atoms with E-state index in [9.17, 15) is 13.2 Å². The van der Waals surface area contributed by atoms with Crippen molar-refractivity contribution >= 4 is 45.0 Å². The van der Waals surface area contributed by atoms with Crippen LogP contribution in [-0.2, 0) is 19.6 Å². The molecule has 0 aliphatic carbocycles. The van der Waals surface area contributed by atoms with Crippen molar-refractivity contribution in [1.82, 2.24) is 4.31 Å². The highest BCUT2D eigenvalue weighted by atomic mass is 35.5. The fraction of sp³-hybridized carbons (Fsp3) is 0.316. The molecule has 9 heteroatoms. The highest BCUT2D eigenvalue weighted by molar-refractivity contribution is 7.99. The molecule has 0 aromatic heterocycles. The van der Waals surface area contributed by atoms with Crippen molar-refractivity contribution in [3.05, 3.63) is 53.6 Å². The molecule has 0 spiro atoms. The number of rotatable bonds is 7. The van der Waals surface area contributed by atoms with Gasteiger partial charge in [0.05, 0.1) is 18.1 Å². The van der Waals surface area contributed by atoms with Gasteiger partial charge < -0.3 is 10.1 Å². The van der Waals surface area contributed by atoms with Crippen LogP contribution in [0.3, 0.4) is 0 Å². The molecule has 1 amide bonds. The summed E-state index contributed by atoms with van der Waals surface area (Å²) in [6.07, 6.45) is 0.348. The topological polar surface area (TPSA) is 75.7 Å². The van der Waals surface area contributed by atoms with Gasteiger partial charge in [-0.2, -0.15) is 4.31 Å². The van der Waals surface area contributed by atoms with Crippen molar-refractivity contribution in [3.63, 3.8) is 0 Å². The zero-order valence-corrected chi connectivity index (χ0v) is 17.5. The quantitative estimate of drug-likeness (QED) is 0.667. The van der Waals surface area contributed by atoms with Crippen molar-refractivity contribution in [1.29, 1.82) is 0 Å². The predicted molar refractivity (Wildman–Crippen MR) is 111 cm³/mol. The number of hydrogen-bond donors (Lipinski definition) is 1. The van der Waals surface area contributed by atoms with Gasteiger partial charge in [0, 0.05) is 40.9 Å². The molecule has 3 rings (SSSR count). The molecule has 2 aromatic rings. The summed E-state index contributed by atoms with van der Waals surface area (Å²) in [6, 6.07) is 13.7. The Kier molecular flexibility index (Phi) is 7.36. The number of nitrogens with one attached hydrogen (secondary N) is 1. The maximum Gasteiger partial charge on any atom is 0.243 e. The average molecular weight is 441 g/mol. The van der Waals surface area contributed by atoms with Gasteiger partial charge in [-0.1, -0.05) is 11.6 Å². The van der Waals surface area contributed by atoms with E-state index >= 15 is 0 Å². The minimum Gasteiger partial charge on any atom is -0.379 e. The Morgan fingerprint density at radius 2 is 1.71 bits per heavy atom. The number of anilines is 1. The molecule has 2 aromatic carbocycles. The van der Waals surface area contributed by atoms with Gasteiger partial charge >= 0.3 is 0 Å². The average Bonchev–Trinajstić information content (AvgIpc) is 2.70. The number of carbonyl (C=O) groups is 1. The molecule has 6 nitrogen and oxygen atoms in total. The third-order valence-corrected chi connectivity index (χ3v) is 7.34. The monoisotopic (exact) mass is 440 g/mol. The minimum absolute atomic E-state index is 0.120. The second-order valence-corrected chi connectivity index (χ2v) is 9.68. The fourth-order valence-corrected chi connectivity index (χ4v) is 5.05. The molecule has 1 aliphatic rings. The van der Waals surface area contributed by atoms with E-state index in [1.807, 2.05) is 24.3 Å². The zero-order valence-electron chi connectivity index (χ0n) is 15.1. The Labute approximate surface area is 174 Å². The summed E-state index contributed by atoms with van der Waals surface area (Å²) < 4.78 is 31.8. The number of nitrogens with zero attached hydrogens (tertiary/aromatic N) is 1. The van der Waals surface area contributed by atoms with Crippen LogP contribution >= 0.6 is 23.4 Å². The van der Waals surface area contributed by atoms with Crippen LogP contribution in [0.2, 0.25) is 5.02 Å². The number of thioether (sulfide) groups is 1. The van der Waals surface area contributed by atoms with Crippen LogP contribution in [0, 0.1) is 0 Å². The van der Waals surface area contributed by atoms with E-state index < -0.39 is 10.0 Å². The van der Waals surface area contributed by atoms with Crippen molar-refractivity contribution in [2.75, 3.05) is 37.4 Å². The van der Waals surface area contributed by atoms with Gasteiger partial charge in [-0.3, -0.25) is 4.79 Å². The third-order valence-electron chi connectivity index (χ3n) is 4.16. The molecule has 1 N–H and O–H groups in total. The molecule has 0 radical (unpaired) electrons. The van der Waals surface area contributed by atoms with E-state index in [4.69, 9.17) is 16.3 Å². The van der Waals surface area contributed by atoms with Crippen LogP contribution < -0.4 is 5.32 Å². The van der Waals surface area contributed by atoms with Gasteiger partial charge in [-0.05, 0) is 48.5 Å². The first kappa shape index (κ1) is 21.1. The Morgan fingerprint density at radius 1 is 1.07 bits per heavy atom. The number of morpholine rings is 1. The van der Waals surface area contributed by atoms with Gasteiger partial charge in [-0.15, -0.1) is 11.8 Å². The van der Waals surface area contributed by atoms with Crippen LogP contribution in [0.4, 0.5) is 5.69 Å². The van der Waals surface area contributed by atoms with E-state index in [0.717, 1.165) is 4.90 Å². The summed E-state index contributed by atoms with van der Waals surface area (Å²) in [6.45, 7) is 1.51. The lowest BCUT2D eigenvalue weighted by atomic mass is 10.3. The molecule has 1 saturated heterocycles. The second kappa shape index (κ2) is 9.76. The van der Waals surface area contributed by atoms with E-state index in [2.05, 4.69) is 5.32 Å². The fourth-order valence-electron chi connectivity index (χ4n) is 2.66. The van der Waals surface area contributed by atoms with Crippen molar-refractivity contribution in [2.24, 2.45) is 0 Å². The summed E-state index contributed by atoms with van der Waals surface area (Å²) >= 11 is 7.43. The van der Waals surface area contributed by atoms with Crippen LogP contribution in [0.1, 0.15) is 6.42 Å². The van der Waals surface area contributed by atoms with Crippen LogP contribution in [0.5, 0.6) is 0 Å². The SMILES string of the molecule is O=C(CCSc1ccc(Cl)cc1)Nc1ccc(S(=O)(=O)N2CCOCC2)cc1. The number of hydrogen-bond acceptors (Lipinski definition) is 5. The maximum atomic E-state index is 12.6. The largest absolute Gasteiger partial charge is 0.379 e. The number of benzene rings is 2. The first-order valence-corrected chi connectivity index (χ1v) is 11.6. The van der Waals surface area contributed by atoms with Crippen molar-refractivity contribution in [2.45, 2.75) is 16.2 Å². The molecule has 0 unspecified atom stereocenters.